The third-order valence-corrected chi connectivity index (χ3v) is 2.79. The highest BCUT2D eigenvalue weighted by molar-refractivity contribution is 9.10. The monoisotopic (exact) mass is 225 g/mol. The van der Waals surface area contributed by atoms with Crippen molar-refractivity contribution in [3.8, 4) is 0 Å². The Bertz CT molecular complexity index is 268. The van der Waals surface area contributed by atoms with Crippen LogP contribution in [-0.2, 0) is 0 Å². The third-order valence-electron chi connectivity index (χ3n) is 2.30. The molecule has 1 aromatic rings. The number of nitrogens with one attached hydrogen (secondary N) is 1. The van der Waals surface area contributed by atoms with Crippen LogP contribution >= 0.6 is 15.9 Å². The number of halogens is 1. The maximum Gasteiger partial charge on any atom is 0.0353 e. The van der Waals surface area contributed by atoms with E-state index in [1.807, 2.05) is 6.07 Å². The van der Waals surface area contributed by atoms with E-state index in [0.29, 0.717) is 0 Å². The van der Waals surface area contributed by atoms with E-state index in [4.69, 9.17) is 0 Å². The minimum atomic E-state index is 0.722. The van der Waals surface area contributed by atoms with E-state index in [0.717, 1.165) is 10.5 Å². The quantitative estimate of drug-likeness (QED) is 0.814. The van der Waals surface area contributed by atoms with Gasteiger partial charge in [-0.25, -0.2) is 0 Å². The molecule has 2 heteroatoms. The van der Waals surface area contributed by atoms with Gasteiger partial charge >= 0.3 is 0 Å². The first-order chi connectivity index (χ1) is 5.84. The molecule has 0 amide bonds. The van der Waals surface area contributed by atoms with Gasteiger partial charge in [0.15, 0.2) is 0 Å². The molecule has 1 saturated carbocycles. The van der Waals surface area contributed by atoms with Gasteiger partial charge in [0.2, 0.25) is 0 Å². The molecule has 0 aromatic heterocycles. The zero-order valence-electron chi connectivity index (χ0n) is 6.89. The second kappa shape index (κ2) is 3.48. The number of hydrogen-bond donors (Lipinski definition) is 1. The van der Waals surface area contributed by atoms with Crippen molar-refractivity contribution in [3.05, 3.63) is 28.7 Å². The highest BCUT2D eigenvalue weighted by Gasteiger charge is 2.16. The van der Waals surface area contributed by atoms with Crippen molar-refractivity contribution < 1.29 is 0 Å². The fraction of sp³-hybridized carbons (Fsp3) is 0.400. The average molecular weight is 226 g/mol. The molecule has 2 rings (SSSR count). The number of benzene rings is 1. The molecule has 0 radical (unpaired) electrons. The molecule has 64 valence electrons. The third kappa shape index (κ3) is 1.81. The van der Waals surface area contributed by atoms with Crippen LogP contribution in [0, 0.1) is 0 Å². The smallest absolute Gasteiger partial charge is 0.0353 e. The van der Waals surface area contributed by atoms with E-state index in [9.17, 15) is 0 Å². The standard InChI is InChI=1S/C10H12BrN/c11-8-3-1-6-10(7-8)12-9-4-2-5-9/h1,3,6-7,9,12H,2,4-5H2. The molecule has 0 unspecified atom stereocenters. The Balaban J connectivity index is 2.02. The van der Waals surface area contributed by atoms with E-state index < -0.39 is 0 Å². The van der Waals surface area contributed by atoms with E-state index in [1.54, 1.807) is 0 Å². The Kier molecular flexibility index (Phi) is 2.35. The zero-order valence-corrected chi connectivity index (χ0v) is 8.47. The van der Waals surface area contributed by atoms with Crippen LogP contribution in [0.15, 0.2) is 28.7 Å². The molecule has 0 atom stereocenters. The van der Waals surface area contributed by atoms with Crippen molar-refractivity contribution in [1.29, 1.82) is 0 Å². The minimum Gasteiger partial charge on any atom is -0.382 e. The molecule has 0 bridgehead atoms. The van der Waals surface area contributed by atoms with Crippen molar-refractivity contribution in [2.45, 2.75) is 25.3 Å². The van der Waals surface area contributed by atoms with Crippen LogP contribution < -0.4 is 5.32 Å². The number of rotatable bonds is 2. The first kappa shape index (κ1) is 8.11. The predicted octanol–water partition coefficient (Wildman–Crippen LogP) is 3.41. The first-order valence-corrected chi connectivity index (χ1v) is 5.16. The van der Waals surface area contributed by atoms with Crippen molar-refractivity contribution in [3.63, 3.8) is 0 Å². The molecule has 1 aliphatic carbocycles. The summed E-state index contributed by atoms with van der Waals surface area (Å²) in [6, 6.07) is 9.07. The van der Waals surface area contributed by atoms with Crippen molar-refractivity contribution in [2.75, 3.05) is 5.32 Å². The van der Waals surface area contributed by atoms with Gasteiger partial charge in [-0.05, 0) is 37.5 Å². The summed E-state index contributed by atoms with van der Waals surface area (Å²) in [7, 11) is 0. The molecule has 0 saturated heterocycles. The van der Waals surface area contributed by atoms with Crippen LogP contribution in [-0.4, -0.2) is 6.04 Å². The molecule has 1 nitrogen and oxygen atoms in total. The van der Waals surface area contributed by atoms with Gasteiger partial charge in [0, 0.05) is 16.2 Å². The summed E-state index contributed by atoms with van der Waals surface area (Å²) >= 11 is 3.45. The van der Waals surface area contributed by atoms with Crippen molar-refractivity contribution in [1.82, 2.24) is 0 Å². The van der Waals surface area contributed by atoms with Crippen LogP contribution in [0.2, 0.25) is 0 Å². The molecular formula is C10H12BrN. The normalized spacial score (nSPS) is 17.1. The molecule has 12 heavy (non-hydrogen) atoms. The molecule has 1 aliphatic rings. The summed E-state index contributed by atoms with van der Waals surface area (Å²) in [4.78, 5) is 0. The zero-order chi connectivity index (χ0) is 8.39. The van der Waals surface area contributed by atoms with Gasteiger partial charge in [0.05, 0.1) is 0 Å². The summed E-state index contributed by atoms with van der Waals surface area (Å²) in [5, 5.41) is 3.49. The van der Waals surface area contributed by atoms with Crippen LogP contribution in [0.25, 0.3) is 0 Å². The molecule has 1 N–H and O–H groups in total. The van der Waals surface area contributed by atoms with Crippen molar-refractivity contribution in [2.24, 2.45) is 0 Å². The summed E-state index contributed by atoms with van der Waals surface area (Å²) in [5.74, 6) is 0. The first-order valence-electron chi connectivity index (χ1n) is 4.37. The van der Waals surface area contributed by atoms with Gasteiger partial charge in [-0.3, -0.25) is 0 Å². The minimum absolute atomic E-state index is 0.722. The maximum atomic E-state index is 3.49. The molecule has 0 aliphatic heterocycles. The van der Waals surface area contributed by atoms with Gasteiger partial charge in [-0.15, -0.1) is 0 Å². The Morgan fingerprint density at radius 1 is 1.33 bits per heavy atom. The predicted molar refractivity (Wildman–Crippen MR) is 55.4 cm³/mol. The summed E-state index contributed by atoms with van der Waals surface area (Å²) in [6.45, 7) is 0. The van der Waals surface area contributed by atoms with Crippen LogP contribution in [0.5, 0.6) is 0 Å². The van der Waals surface area contributed by atoms with Gasteiger partial charge in [-0.2, -0.15) is 0 Å². The molecule has 0 spiro atoms. The summed E-state index contributed by atoms with van der Waals surface area (Å²) in [6.07, 6.45) is 4.03. The van der Waals surface area contributed by atoms with E-state index in [2.05, 4.69) is 39.4 Å². The van der Waals surface area contributed by atoms with E-state index in [1.165, 1.54) is 24.9 Å². The van der Waals surface area contributed by atoms with Gasteiger partial charge in [-0.1, -0.05) is 22.0 Å². The Morgan fingerprint density at radius 3 is 2.75 bits per heavy atom. The van der Waals surface area contributed by atoms with Gasteiger partial charge in [0.1, 0.15) is 0 Å². The Hall–Kier alpha value is -0.500. The molecule has 1 fully saturated rings. The molecule has 0 heterocycles. The van der Waals surface area contributed by atoms with Gasteiger partial charge in [0.25, 0.3) is 0 Å². The highest BCUT2D eigenvalue weighted by atomic mass is 79.9. The van der Waals surface area contributed by atoms with Crippen LogP contribution in [0.1, 0.15) is 19.3 Å². The highest BCUT2D eigenvalue weighted by Crippen LogP contribution is 2.24. The van der Waals surface area contributed by atoms with Gasteiger partial charge < -0.3 is 5.32 Å². The molecular weight excluding hydrogens is 214 g/mol. The fourth-order valence-corrected chi connectivity index (χ4v) is 1.77. The topological polar surface area (TPSA) is 12.0 Å². The number of hydrogen-bond acceptors (Lipinski definition) is 1. The second-order valence-corrected chi connectivity index (χ2v) is 4.20. The lowest BCUT2D eigenvalue weighted by molar-refractivity contribution is 0.445. The van der Waals surface area contributed by atoms with E-state index >= 15 is 0 Å². The fourth-order valence-electron chi connectivity index (χ4n) is 1.37. The lowest BCUT2D eigenvalue weighted by atomic mass is 9.93. The Morgan fingerprint density at radius 2 is 2.17 bits per heavy atom. The van der Waals surface area contributed by atoms with Crippen LogP contribution in [0.4, 0.5) is 5.69 Å². The summed E-state index contributed by atoms with van der Waals surface area (Å²) in [5.41, 5.74) is 1.23. The lowest BCUT2D eigenvalue weighted by Crippen LogP contribution is -2.26. The summed E-state index contributed by atoms with van der Waals surface area (Å²) < 4.78 is 1.15. The van der Waals surface area contributed by atoms with Crippen molar-refractivity contribution >= 4 is 21.6 Å². The average Bonchev–Trinajstić information content (AvgIpc) is 1.97. The number of anilines is 1. The maximum absolute atomic E-state index is 3.49. The van der Waals surface area contributed by atoms with Crippen LogP contribution in [0.3, 0.4) is 0 Å². The Labute approximate surface area is 81.3 Å². The van der Waals surface area contributed by atoms with E-state index in [-0.39, 0.29) is 0 Å². The molecule has 1 aromatic carbocycles. The second-order valence-electron chi connectivity index (χ2n) is 3.28. The lowest BCUT2D eigenvalue weighted by Gasteiger charge is -2.27. The SMILES string of the molecule is Brc1cccc(NC2CCC2)c1. The largest absolute Gasteiger partial charge is 0.382 e.